The number of ether oxygens (including phenoxy) is 2. The van der Waals surface area contributed by atoms with Gasteiger partial charge in [-0.2, -0.15) is 13.2 Å². The third kappa shape index (κ3) is 5.94. The molecule has 3 amide bonds. The van der Waals surface area contributed by atoms with Crippen LogP contribution in [0.4, 0.5) is 23.7 Å². The van der Waals surface area contributed by atoms with Crippen molar-refractivity contribution in [3.8, 4) is 11.5 Å². The summed E-state index contributed by atoms with van der Waals surface area (Å²) >= 11 is 0.664. The highest BCUT2D eigenvalue weighted by Crippen LogP contribution is 2.38. The molecular formula is C27H23F3N2O5S. The Labute approximate surface area is 220 Å². The number of hydrogen-bond acceptors (Lipinski definition) is 6. The molecule has 0 aromatic heterocycles. The lowest BCUT2D eigenvalue weighted by Gasteiger charge is -2.14. The zero-order valence-electron chi connectivity index (χ0n) is 20.4. The summed E-state index contributed by atoms with van der Waals surface area (Å²) in [4.78, 5) is 39.0. The van der Waals surface area contributed by atoms with Crippen molar-refractivity contribution < 1.29 is 37.0 Å². The molecular weight excluding hydrogens is 521 g/mol. The van der Waals surface area contributed by atoms with Crippen LogP contribution in [0.2, 0.25) is 0 Å². The average Bonchev–Trinajstić information content (AvgIpc) is 3.12. The van der Waals surface area contributed by atoms with Crippen LogP contribution in [-0.2, 0) is 15.8 Å². The zero-order chi connectivity index (χ0) is 27.4. The van der Waals surface area contributed by atoms with Gasteiger partial charge in [0.25, 0.3) is 11.1 Å². The molecule has 0 aliphatic carbocycles. The van der Waals surface area contributed by atoms with E-state index in [2.05, 4.69) is 5.32 Å². The fourth-order valence-corrected chi connectivity index (χ4v) is 4.69. The van der Waals surface area contributed by atoms with Gasteiger partial charge in [-0.15, -0.1) is 0 Å². The molecule has 3 aromatic carbocycles. The van der Waals surface area contributed by atoms with E-state index in [-0.39, 0.29) is 10.6 Å². The van der Waals surface area contributed by atoms with Crippen LogP contribution in [0, 0.1) is 0 Å². The van der Waals surface area contributed by atoms with Gasteiger partial charge in [0.15, 0.2) is 0 Å². The van der Waals surface area contributed by atoms with Crippen LogP contribution in [-0.4, -0.2) is 41.7 Å². The molecule has 0 radical (unpaired) electrons. The molecule has 0 bridgehead atoms. The van der Waals surface area contributed by atoms with Crippen molar-refractivity contribution in [3.05, 3.63) is 70.6 Å². The third-order valence-electron chi connectivity index (χ3n) is 5.53. The van der Waals surface area contributed by atoms with E-state index in [1.54, 1.807) is 12.1 Å². The van der Waals surface area contributed by atoms with Crippen molar-refractivity contribution in [2.45, 2.75) is 20.0 Å². The molecule has 1 saturated heterocycles. The van der Waals surface area contributed by atoms with Crippen molar-refractivity contribution in [2.24, 2.45) is 0 Å². The lowest BCUT2D eigenvalue weighted by atomic mass is 10.0. The average molecular weight is 545 g/mol. The second-order valence-corrected chi connectivity index (χ2v) is 9.11. The highest BCUT2D eigenvalue weighted by atomic mass is 32.2. The van der Waals surface area contributed by atoms with E-state index in [1.807, 2.05) is 38.1 Å². The highest BCUT2D eigenvalue weighted by molar-refractivity contribution is 8.18. The van der Waals surface area contributed by atoms with Crippen LogP contribution in [0.1, 0.15) is 25.0 Å². The van der Waals surface area contributed by atoms with Crippen LogP contribution in [0.3, 0.4) is 0 Å². The molecule has 11 heteroatoms. The predicted molar refractivity (Wildman–Crippen MR) is 139 cm³/mol. The van der Waals surface area contributed by atoms with E-state index in [4.69, 9.17) is 9.47 Å². The first-order valence-electron chi connectivity index (χ1n) is 11.7. The number of rotatable bonds is 8. The largest absolute Gasteiger partial charge is 0.494 e. The van der Waals surface area contributed by atoms with Crippen molar-refractivity contribution in [3.63, 3.8) is 0 Å². The number of hydrogen-bond donors (Lipinski definition) is 1. The summed E-state index contributed by atoms with van der Waals surface area (Å²) in [6.07, 6.45) is -3.04. The first-order chi connectivity index (χ1) is 18.1. The number of thioether (sulfide) groups is 1. The predicted octanol–water partition coefficient (Wildman–Crippen LogP) is 6.33. The van der Waals surface area contributed by atoms with E-state index in [0.29, 0.717) is 42.0 Å². The number of halogens is 3. The zero-order valence-corrected chi connectivity index (χ0v) is 21.2. The summed E-state index contributed by atoms with van der Waals surface area (Å²) in [5.41, 5.74) is -0.462. The molecule has 4 rings (SSSR count). The number of nitrogens with one attached hydrogen (secondary N) is 1. The lowest BCUT2D eigenvalue weighted by Crippen LogP contribution is -2.36. The summed E-state index contributed by atoms with van der Waals surface area (Å²) in [5.74, 6) is -0.376. The monoisotopic (exact) mass is 544 g/mol. The second kappa shape index (κ2) is 11.2. The van der Waals surface area contributed by atoms with Gasteiger partial charge in [0.1, 0.15) is 18.0 Å². The van der Waals surface area contributed by atoms with Crippen LogP contribution >= 0.6 is 11.8 Å². The molecule has 1 heterocycles. The highest BCUT2D eigenvalue weighted by Gasteiger charge is 2.37. The summed E-state index contributed by atoms with van der Waals surface area (Å²) < 4.78 is 50.2. The van der Waals surface area contributed by atoms with Gasteiger partial charge in [-0.25, -0.2) is 0 Å². The molecule has 0 atom stereocenters. The molecule has 0 unspecified atom stereocenters. The maximum atomic E-state index is 13.1. The first kappa shape index (κ1) is 27.1. The van der Waals surface area contributed by atoms with Gasteiger partial charge < -0.3 is 14.8 Å². The van der Waals surface area contributed by atoms with E-state index >= 15 is 0 Å². The molecule has 0 spiro atoms. The Kier molecular flexibility index (Phi) is 7.96. The van der Waals surface area contributed by atoms with Gasteiger partial charge in [0.05, 0.1) is 23.7 Å². The maximum absolute atomic E-state index is 13.1. The molecule has 3 aromatic rings. The third-order valence-corrected chi connectivity index (χ3v) is 6.44. The lowest BCUT2D eigenvalue weighted by molar-refractivity contribution is -0.137. The maximum Gasteiger partial charge on any atom is 0.416 e. The van der Waals surface area contributed by atoms with Gasteiger partial charge in [0, 0.05) is 11.3 Å². The number of imide groups is 1. The van der Waals surface area contributed by atoms with Crippen molar-refractivity contribution in [1.29, 1.82) is 0 Å². The summed E-state index contributed by atoms with van der Waals surface area (Å²) in [7, 11) is 0. The normalized spacial score (nSPS) is 14.9. The van der Waals surface area contributed by atoms with Gasteiger partial charge in [-0.05, 0) is 78.9 Å². The number of anilines is 1. The van der Waals surface area contributed by atoms with Crippen molar-refractivity contribution in [1.82, 2.24) is 4.90 Å². The SMILES string of the molecule is CCOc1ccc2ccc(OCC)c(/C=C3\SC(=O)N(CC(=O)Nc4cccc(C(F)(F)F)c4)C3=O)c2c1. The Morgan fingerprint density at radius 3 is 2.47 bits per heavy atom. The molecule has 1 N–H and O–H groups in total. The Bertz CT molecular complexity index is 1430. The van der Waals surface area contributed by atoms with Gasteiger partial charge in [0.2, 0.25) is 5.91 Å². The van der Waals surface area contributed by atoms with Gasteiger partial charge in [-0.1, -0.05) is 18.2 Å². The molecule has 1 aliphatic heterocycles. The number of alkyl halides is 3. The summed E-state index contributed by atoms with van der Waals surface area (Å²) in [6.45, 7) is 3.87. The molecule has 7 nitrogen and oxygen atoms in total. The number of nitrogens with zero attached hydrogens (tertiary/aromatic N) is 1. The Hall–Kier alpha value is -3.99. The fourth-order valence-electron chi connectivity index (χ4n) is 3.87. The van der Waals surface area contributed by atoms with Crippen LogP contribution < -0.4 is 14.8 Å². The first-order valence-corrected chi connectivity index (χ1v) is 12.5. The van der Waals surface area contributed by atoms with Gasteiger partial charge >= 0.3 is 6.18 Å². The second-order valence-electron chi connectivity index (χ2n) is 8.12. The fraction of sp³-hybridized carbons (Fsp3) is 0.222. The Morgan fingerprint density at radius 1 is 1.03 bits per heavy atom. The van der Waals surface area contributed by atoms with E-state index < -0.39 is 35.3 Å². The number of benzene rings is 3. The molecule has 1 fully saturated rings. The molecule has 0 saturated carbocycles. The minimum Gasteiger partial charge on any atom is -0.494 e. The molecule has 38 heavy (non-hydrogen) atoms. The van der Waals surface area contributed by atoms with Crippen molar-refractivity contribution >= 4 is 51.4 Å². The number of fused-ring (bicyclic) bond motifs is 1. The van der Waals surface area contributed by atoms with E-state index in [0.717, 1.165) is 33.9 Å². The quantitative estimate of drug-likeness (QED) is 0.334. The van der Waals surface area contributed by atoms with Crippen LogP contribution in [0.5, 0.6) is 11.5 Å². The topological polar surface area (TPSA) is 84.9 Å². The minimum absolute atomic E-state index is 0.0807. The number of amides is 3. The van der Waals surface area contributed by atoms with Crippen LogP contribution in [0.25, 0.3) is 16.8 Å². The van der Waals surface area contributed by atoms with Crippen LogP contribution in [0.15, 0.2) is 59.5 Å². The standard InChI is InChI=1S/C27H23F3N2O5S/c1-3-36-19-10-8-16-9-11-22(37-4-2)21(20(16)13-19)14-23-25(34)32(26(35)38-23)15-24(33)31-18-7-5-6-17(12-18)27(28,29)30/h5-14H,3-4,15H2,1-2H3,(H,31,33)/b23-14-. The smallest absolute Gasteiger partial charge is 0.416 e. The number of carbonyl (C=O) groups excluding carboxylic acids is 3. The van der Waals surface area contributed by atoms with E-state index in [9.17, 15) is 27.6 Å². The van der Waals surface area contributed by atoms with Crippen molar-refractivity contribution in [2.75, 3.05) is 25.1 Å². The summed E-state index contributed by atoms with van der Waals surface area (Å²) in [6, 6.07) is 13.2. The van der Waals surface area contributed by atoms with E-state index in [1.165, 1.54) is 6.07 Å². The number of carbonyl (C=O) groups is 3. The Morgan fingerprint density at radius 2 is 1.76 bits per heavy atom. The summed E-state index contributed by atoms with van der Waals surface area (Å²) in [5, 5.41) is 3.24. The Balaban J connectivity index is 1.59. The molecule has 1 aliphatic rings. The van der Waals surface area contributed by atoms with Gasteiger partial charge in [-0.3, -0.25) is 19.3 Å². The molecule has 198 valence electrons. The minimum atomic E-state index is -4.58.